The Hall–Kier alpha value is -1.66. The highest BCUT2D eigenvalue weighted by molar-refractivity contribution is 5.67. The number of allylic oxidation sites excluding steroid dienone is 1. The topological polar surface area (TPSA) is 48.7 Å². The normalized spacial score (nSPS) is 27.1. The third-order valence-electron chi connectivity index (χ3n) is 3.83. The second-order valence-electron chi connectivity index (χ2n) is 4.89. The quantitative estimate of drug-likeness (QED) is 0.795. The number of nitriles is 1. The van der Waals surface area contributed by atoms with Crippen molar-refractivity contribution in [2.24, 2.45) is 11.8 Å². The number of pyridine rings is 1. The zero-order chi connectivity index (χ0) is 11.7. The lowest BCUT2D eigenvalue weighted by Crippen LogP contribution is -2.15. The van der Waals surface area contributed by atoms with Gasteiger partial charge in [-0.3, -0.25) is 4.98 Å². The Kier molecular flexibility index (Phi) is 2.66. The van der Waals surface area contributed by atoms with Gasteiger partial charge in [-0.15, -0.1) is 0 Å². The molecule has 1 fully saturated rings. The molecule has 86 valence electrons. The number of nitrogens with zero attached hydrogens (tertiary/aromatic N) is 2. The Morgan fingerprint density at radius 3 is 3.18 bits per heavy atom. The van der Waals surface area contributed by atoms with Crippen LogP contribution in [0, 0.1) is 23.2 Å². The van der Waals surface area contributed by atoms with Crippen LogP contribution in [0.2, 0.25) is 0 Å². The van der Waals surface area contributed by atoms with E-state index in [1.165, 1.54) is 12.0 Å². The molecule has 17 heavy (non-hydrogen) atoms. The van der Waals surface area contributed by atoms with Gasteiger partial charge in [0.1, 0.15) is 6.07 Å². The van der Waals surface area contributed by atoms with Crippen molar-refractivity contribution in [1.29, 1.82) is 5.26 Å². The van der Waals surface area contributed by atoms with Crippen LogP contribution in [0.5, 0.6) is 0 Å². The molecule has 1 aliphatic carbocycles. The van der Waals surface area contributed by atoms with E-state index in [0.29, 0.717) is 11.5 Å². The number of hydrogen-bond acceptors (Lipinski definition) is 3. The molecule has 0 saturated carbocycles. The van der Waals surface area contributed by atoms with E-state index in [1.807, 2.05) is 12.3 Å². The van der Waals surface area contributed by atoms with Crippen LogP contribution >= 0.6 is 0 Å². The zero-order valence-electron chi connectivity index (χ0n) is 9.69. The molecule has 3 rings (SSSR count). The fourth-order valence-electron chi connectivity index (χ4n) is 2.86. The van der Waals surface area contributed by atoms with Crippen molar-refractivity contribution in [3.8, 4) is 6.07 Å². The molecule has 2 atom stereocenters. The maximum Gasteiger partial charge on any atom is 0.101 e. The van der Waals surface area contributed by atoms with Crippen LogP contribution in [0.15, 0.2) is 24.5 Å². The summed E-state index contributed by atoms with van der Waals surface area (Å²) in [5.41, 5.74) is 3.13. The van der Waals surface area contributed by atoms with E-state index in [2.05, 4.69) is 22.4 Å². The number of aromatic nitrogens is 1. The minimum absolute atomic E-state index is 0.648. The molecule has 3 nitrogen and oxygen atoms in total. The summed E-state index contributed by atoms with van der Waals surface area (Å²) in [6.07, 6.45) is 8.23. The highest BCUT2D eigenvalue weighted by Crippen LogP contribution is 2.35. The lowest BCUT2D eigenvalue weighted by Gasteiger charge is -2.23. The Balaban J connectivity index is 1.91. The number of nitrogens with one attached hydrogen (secondary N) is 1. The molecule has 1 saturated heterocycles. The summed E-state index contributed by atoms with van der Waals surface area (Å²) in [4.78, 5) is 4.14. The first-order valence-corrected chi connectivity index (χ1v) is 6.14. The third kappa shape index (κ3) is 1.96. The van der Waals surface area contributed by atoms with E-state index >= 15 is 0 Å². The molecular weight excluding hydrogens is 210 g/mol. The number of fused-ring (bicyclic) bond motifs is 1. The zero-order valence-corrected chi connectivity index (χ0v) is 9.69. The average Bonchev–Trinajstić information content (AvgIpc) is 2.86. The van der Waals surface area contributed by atoms with Gasteiger partial charge in [0.2, 0.25) is 0 Å². The summed E-state index contributed by atoms with van der Waals surface area (Å²) < 4.78 is 0. The van der Waals surface area contributed by atoms with Gasteiger partial charge in [-0.25, -0.2) is 0 Å². The first-order valence-electron chi connectivity index (χ1n) is 6.14. The van der Waals surface area contributed by atoms with Gasteiger partial charge in [-0.1, -0.05) is 6.08 Å². The lowest BCUT2D eigenvalue weighted by atomic mass is 9.81. The average molecular weight is 225 g/mol. The van der Waals surface area contributed by atoms with E-state index < -0.39 is 0 Å². The van der Waals surface area contributed by atoms with Crippen molar-refractivity contribution in [1.82, 2.24) is 10.3 Å². The Morgan fingerprint density at radius 2 is 2.29 bits per heavy atom. The maximum absolute atomic E-state index is 8.89. The summed E-state index contributed by atoms with van der Waals surface area (Å²) in [7, 11) is 0. The maximum atomic E-state index is 8.89. The fraction of sp³-hybridized carbons (Fsp3) is 0.429. The van der Waals surface area contributed by atoms with Crippen LogP contribution in [0.25, 0.3) is 5.57 Å². The van der Waals surface area contributed by atoms with Crippen molar-refractivity contribution in [3.05, 3.63) is 35.7 Å². The minimum Gasteiger partial charge on any atom is -0.316 e. The van der Waals surface area contributed by atoms with Gasteiger partial charge < -0.3 is 5.32 Å². The second-order valence-corrected chi connectivity index (χ2v) is 4.89. The fourth-order valence-corrected chi connectivity index (χ4v) is 2.86. The molecule has 0 bridgehead atoms. The molecule has 1 N–H and O–H groups in total. The van der Waals surface area contributed by atoms with Crippen LogP contribution in [0.3, 0.4) is 0 Å². The standard InChI is InChI=1S/C14H15N3/c15-5-10-3-13(8-16-6-10)11-1-2-12-7-17-9-14(12)4-11/h3-4,6,8,12,14,17H,1-2,7,9H2/t12-,14+/m1/s1. The van der Waals surface area contributed by atoms with Gasteiger partial charge in [-0.05, 0) is 48.4 Å². The summed E-state index contributed by atoms with van der Waals surface area (Å²) in [6, 6.07) is 4.10. The lowest BCUT2D eigenvalue weighted by molar-refractivity contribution is 0.448. The van der Waals surface area contributed by atoms with Crippen LogP contribution in [0.4, 0.5) is 0 Å². The molecule has 3 heteroatoms. The summed E-state index contributed by atoms with van der Waals surface area (Å²) in [5, 5.41) is 12.3. The van der Waals surface area contributed by atoms with E-state index in [0.717, 1.165) is 31.0 Å². The monoisotopic (exact) mass is 225 g/mol. The van der Waals surface area contributed by atoms with Crippen molar-refractivity contribution in [2.45, 2.75) is 12.8 Å². The minimum atomic E-state index is 0.648. The molecule has 1 aromatic heterocycles. The van der Waals surface area contributed by atoms with Gasteiger partial charge in [0.15, 0.2) is 0 Å². The van der Waals surface area contributed by atoms with Gasteiger partial charge in [0, 0.05) is 18.9 Å². The van der Waals surface area contributed by atoms with Crippen molar-refractivity contribution < 1.29 is 0 Å². The van der Waals surface area contributed by atoms with Crippen molar-refractivity contribution in [3.63, 3.8) is 0 Å². The summed E-state index contributed by atoms with van der Waals surface area (Å²) >= 11 is 0. The van der Waals surface area contributed by atoms with Crippen LogP contribution in [0.1, 0.15) is 24.0 Å². The molecular formula is C14H15N3. The van der Waals surface area contributed by atoms with E-state index in [1.54, 1.807) is 6.20 Å². The van der Waals surface area contributed by atoms with Crippen molar-refractivity contribution >= 4 is 5.57 Å². The molecule has 0 amide bonds. The van der Waals surface area contributed by atoms with Crippen molar-refractivity contribution in [2.75, 3.05) is 13.1 Å². The molecule has 2 heterocycles. The van der Waals surface area contributed by atoms with Crippen LogP contribution in [-0.4, -0.2) is 18.1 Å². The first kappa shape index (κ1) is 10.5. The first-order chi connectivity index (χ1) is 8.36. The molecule has 0 aromatic carbocycles. The number of hydrogen-bond donors (Lipinski definition) is 1. The SMILES string of the molecule is N#Cc1cncc(C2=C[C@H]3CNC[C@H]3CC2)c1. The van der Waals surface area contributed by atoms with Gasteiger partial charge in [0.05, 0.1) is 5.56 Å². The Labute approximate surface area is 101 Å². The summed E-state index contributed by atoms with van der Waals surface area (Å²) in [5.74, 6) is 1.48. The Bertz CT molecular complexity index is 498. The third-order valence-corrected chi connectivity index (χ3v) is 3.83. The van der Waals surface area contributed by atoms with E-state index in [-0.39, 0.29) is 0 Å². The highest BCUT2D eigenvalue weighted by atomic mass is 14.9. The molecule has 0 spiro atoms. The van der Waals surface area contributed by atoms with Gasteiger partial charge in [0.25, 0.3) is 0 Å². The molecule has 1 aliphatic heterocycles. The predicted octanol–water partition coefficient (Wildman–Crippen LogP) is 1.97. The number of rotatable bonds is 1. The molecule has 0 radical (unpaired) electrons. The predicted molar refractivity (Wildman–Crippen MR) is 66.0 cm³/mol. The largest absolute Gasteiger partial charge is 0.316 e. The van der Waals surface area contributed by atoms with E-state index in [4.69, 9.17) is 5.26 Å². The van der Waals surface area contributed by atoms with E-state index in [9.17, 15) is 0 Å². The van der Waals surface area contributed by atoms with Gasteiger partial charge >= 0.3 is 0 Å². The van der Waals surface area contributed by atoms with Gasteiger partial charge in [-0.2, -0.15) is 5.26 Å². The van der Waals surface area contributed by atoms with Crippen LogP contribution < -0.4 is 5.32 Å². The Morgan fingerprint density at radius 1 is 1.35 bits per heavy atom. The van der Waals surface area contributed by atoms with Crippen LogP contribution in [-0.2, 0) is 0 Å². The molecule has 0 unspecified atom stereocenters. The second kappa shape index (κ2) is 4.31. The summed E-state index contributed by atoms with van der Waals surface area (Å²) in [6.45, 7) is 2.25. The molecule has 1 aromatic rings. The highest BCUT2D eigenvalue weighted by Gasteiger charge is 2.29. The molecule has 2 aliphatic rings. The smallest absolute Gasteiger partial charge is 0.101 e.